The number of rotatable bonds is 7. The summed E-state index contributed by atoms with van der Waals surface area (Å²) in [5, 5.41) is 13.1. The van der Waals surface area contributed by atoms with Crippen LogP contribution in [0.1, 0.15) is 6.42 Å². The van der Waals surface area contributed by atoms with E-state index in [9.17, 15) is 0 Å². The number of ether oxygens (including phenoxy) is 2. The lowest BCUT2D eigenvalue weighted by Gasteiger charge is -2.13. The maximum Gasteiger partial charge on any atom is 0.162 e. The number of nitrogens with zero attached hydrogens (tertiary/aromatic N) is 2. The fourth-order valence-corrected chi connectivity index (χ4v) is 2.78. The van der Waals surface area contributed by atoms with Gasteiger partial charge in [-0.25, -0.2) is 9.97 Å². The molecule has 0 amide bonds. The van der Waals surface area contributed by atoms with Crippen LogP contribution < -0.4 is 14.8 Å². The predicted octanol–water partition coefficient (Wildman–Crippen LogP) is 3.91. The zero-order chi connectivity index (χ0) is 17.6. The molecule has 0 unspecified atom stereocenters. The van der Waals surface area contributed by atoms with E-state index in [0.29, 0.717) is 30.3 Å². The van der Waals surface area contributed by atoms with E-state index in [0.717, 1.165) is 21.1 Å². The van der Waals surface area contributed by atoms with Crippen LogP contribution in [0.5, 0.6) is 11.5 Å². The summed E-state index contributed by atoms with van der Waals surface area (Å²) >= 11 is 3.46. The van der Waals surface area contributed by atoms with Crippen LogP contribution in [0.3, 0.4) is 0 Å². The number of halogens is 1. The van der Waals surface area contributed by atoms with Crippen molar-refractivity contribution in [1.29, 1.82) is 0 Å². The summed E-state index contributed by atoms with van der Waals surface area (Å²) in [6.45, 7) is 0.481. The summed E-state index contributed by atoms with van der Waals surface area (Å²) in [6.07, 6.45) is 2.06. The molecule has 7 heteroatoms. The maximum absolute atomic E-state index is 8.93. The number of aromatic nitrogens is 2. The molecule has 0 aliphatic carbocycles. The Morgan fingerprint density at radius 1 is 1.16 bits per heavy atom. The highest BCUT2D eigenvalue weighted by Gasteiger charge is 2.12. The van der Waals surface area contributed by atoms with Gasteiger partial charge in [0, 0.05) is 34.6 Å². The molecule has 0 saturated carbocycles. The summed E-state index contributed by atoms with van der Waals surface area (Å²) in [7, 11) is 1.59. The van der Waals surface area contributed by atoms with E-state index in [1.807, 2.05) is 36.4 Å². The van der Waals surface area contributed by atoms with E-state index in [-0.39, 0.29) is 6.61 Å². The second-order valence-corrected chi connectivity index (χ2v) is 6.22. The second kappa shape index (κ2) is 8.13. The molecule has 0 aliphatic rings. The number of benzene rings is 2. The second-order valence-electron chi connectivity index (χ2n) is 5.30. The van der Waals surface area contributed by atoms with E-state index in [1.54, 1.807) is 7.11 Å². The van der Waals surface area contributed by atoms with Crippen LogP contribution in [0.4, 0.5) is 11.5 Å². The van der Waals surface area contributed by atoms with E-state index < -0.39 is 0 Å². The molecule has 3 rings (SSSR count). The standard InChI is InChI=1S/C18H18BrN3O3/c1-24-16-10-15-14(9-17(16)25-7-3-6-23)18(21-11-20-15)22-13-5-2-4-12(19)8-13/h2,4-5,8-11,23H,3,6-7H2,1H3,(H,20,21,22). The minimum absolute atomic E-state index is 0.0781. The number of methoxy groups -OCH3 is 1. The molecule has 25 heavy (non-hydrogen) atoms. The smallest absolute Gasteiger partial charge is 0.162 e. The van der Waals surface area contributed by atoms with Crippen molar-refractivity contribution in [2.24, 2.45) is 0 Å². The van der Waals surface area contributed by atoms with Gasteiger partial charge in [0.15, 0.2) is 11.5 Å². The van der Waals surface area contributed by atoms with Gasteiger partial charge in [0.25, 0.3) is 0 Å². The van der Waals surface area contributed by atoms with Crippen molar-refractivity contribution >= 4 is 38.3 Å². The molecule has 0 aliphatic heterocycles. The summed E-state index contributed by atoms with van der Waals surface area (Å²) in [5.74, 6) is 1.87. The average molecular weight is 404 g/mol. The molecular formula is C18H18BrN3O3. The molecule has 0 atom stereocenters. The van der Waals surface area contributed by atoms with E-state index in [1.165, 1.54) is 6.33 Å². The van der Waals surface area contributed by atoms with Crippen LogP contribution in [-0.4, -0.2) is 35.4 Å². The molecule has 0 radical (unpaired) electrons. The molecule has 130 valence electrons. The average Bonchev–Trinajstić information content (AvgIpc) is 2.62. The molecule has 0 bridgehead atoms. The largest absolute Gasteiger partial charge is 0.493 e. The molecule has 0 saturated heterocycles. The summed E-state index contributed by atoms with van der Waals surface area (Å²) in [6, 6.07) is 11.5. The lowest BCUT2D eigenvalue weighted by molar-refractivity contribution is 0.228. The van der Waals surface area contributed by atoms with Crippen LogP contribution in [0.2, 0.25) is 0 Å². The first kappa shape index (κ1) is 17.4. The highest BCUT2D eigenvalue weighted by atomic mass is 79.9. The van der Waals surface area contributed by atoms with Crippen LogP contribution in [0.25, 0.3) is 10.9 Å². The van der Waals surface area contributed by atoms with Crippen molar-refractivity contribution < 1.29 is 14.6 Å². The third-order valence-corrected chi connectivity index (χ3v) is 4.06. The first-order chi connectivity index (χ1) is 12.2. The van der Waals surface area contributed by atoms with E-state index in [2.05, 4.69) is 31.2 Å². The van der Waals surface area contributed by atoms with Crippen molar-refractivity contribution in [2.45, 2.75) is 6.42 Å². The van der Waals surface area contributed by atoms with Crippen molar-refractivity contribution in [1.82, 2.24) is 9.97 Å². The van der Waals surface area contributed by atoms with E-state index in [4.69, 9.17) is 14.6 Å². The molecule has 0 spiro atoms. The van der Waals surface area contributed by atoms with Gasteiger partial charge in [0.1, 0.15) is 12.1 Å². The minimum atomic E-state index is 0.0781. The Hall–Kier alpha value is -2.38. The first-order valence-electron chi connectivity index (χ1n) is 7.80. The Balaban J connectivity index is 1.99. The van der Waals surface area contributed by atoms with Crippen LogP contribution >= 0.6 is 15.9 Å². The lowest BCUT2D eigenvalue weighted by Crippen LogP contribution is -2.02. The number of fused-ring (bicyclic) bond motifs is 1. The summed E-state index contributed by atoms with van der Waals surface area (Å²) in [4.78, 5) is 8.66. The Bertz CT molecular complexity index is 873. The topological polar surface area (TPSA) is 76.5 Å². The SMILES string of the molecule is COc1cc2ncnc(Nc3cccc(Br)c3)c2cc1OCCCO. The highest BCUT2D eigenvalue weighted by molar-refractivity contribution is 9.10. The van der Waals surface area contributed by atoms with E-state index >= 15 is 0 Å². The minimum Gasteiger partial charge on any atom is -0.493 e. The molecule has 0 fully saturated rings. The summed E-state index contributed by atoms with van der Waals surface area (Å²) < 4.78 is 12.1. The van der Waals surface area contributed by atoms with Crippen LogP contribution in [0, 0.1) is 0 Å². The van der Waals surface area contributed by atoms with Crippen molar-refractivity contribution in [3.63, 3.8) is 0 Å². The highest BCUT2D eigenvalue weighted by Crippen LogP contribution is 2.35. The Morgan fingerprint density at radius 3 is 2.80 bits per heavy atom. The molecule has 6 nitrogen and oxygen atoms in total. The van der Waals surface area contributed by atoms with Crippen LogP contribution in [-0.2, 0) is 0 Å². The molecule has 1 aromatic heterocycles. The maximum atomic E-state index is 8.93. The number of aliphatic hydroxyl groups is 1. The van der Waals surface area contributed by atoms with Crippen molar-refractivity contribution in [2.75, 3.05) is 25.6 Å². The third kappa shape index (κ3) is 4.18. The Kier molecular flexibility index (Phi) is 5.67. The van der Waals surface area contributed by atoms with Crippen molar-refractivity contribution in [3.8, 4) is 11.5 Å². The zero-order valence-corrected chi connectivity index (χ0v) is 15.3. The van der Waals surface area contributed by atoms with Gasteiger partial charge in [0.2, 0.25) is 0 Å². The van der Waals surface area contributed by atoms with Gasteiger partial charge in [-0.1, -0.05) is 22.0 Å². The number of hydrogen-bond donors (Lipinski definition) is 2. The number of anilines is 2. The van der Waals surface area contributed by atoms with Gasteiger partial charge < -0.3 is 19.9 Å². The Morgan fingerprint density at radius 2 is 2.04 bits per heavy atom. The number of hydrogen-bond acceptors (Lipinski definition) is 6. The number of nitrogens with one attached hydrogen (secondary N) is 1. The normalized spacial score (nSPS) is 10.7. The summed E-state index contributed by atoms with van der Waals surface area (Å²) in [5.41, 5.74) is 1.66. The van der Waals surface area contributed by atoms with Crippen LogP contribution in [0.15, 0.2) is 47.2 Å². The van der Waals surface area contributed by atoms with Gasteiger partial charge in [-0.15, -0.1) is 0 Å². The fraction of sp³-hybridized carbons (Fsp3) is 0.222. The van der Waals surface area contributed by atoms with Gasteiger partial charge in [0.05, 0.1) is 19.2 Å². The number of aliphatic hydroxyl groups excluding tert-OH is 1. The van der Waals surface area contributed by atoms with Crippen molar-refractivity contribution in [3.05, 3.63) is 47.2 Å². The molecule has 3 aromatic rings. The molecule has 2 aromatic carbocycles. The predicted molar refractivity (Wildman–Crippen MR) is 101 cm³/mol. The van der Waals surface area contributed by atoms with Gasteiger partial charge >= 0.3 is 0 Å². The Labute approximate surface area is 154 Å². The van der Waals surface area contributed by atoms with Gasteiger partial charge in [-0.3, -0.25) is 0 Å². The van der Waals surface area contributed by atoms with Gasteiger partial charge in [-0.05, 0) is 24.3 Å². The lowest BCUT2D eigenvalue weighted by atomic mass is 10.2. The zero-order valence-electron chi connectivity index (χ0n) is 13.7. The third-order valence-electron chi connectivity index (χ3n) is 3.57. The fourth-order valence-electron chi connectivity index (χ4n) is 2.39. The first-order valence-corrected chi connectivity index (χ1v) is 8.59. The monoisotopic (exact) mass is 403 g/mol. The molecule has 2 N–H and O–H groups in total. The van der Waals surface area contributed by atoms with Gasteiger partial charge in [-0.2, -0.15) is 0 Å². The molecular weight excluding hydrogens is 386 g/mol. The molecule has 1 heterocycles. The quantitative estimate of drug-likeness (QED) is 0.582.